The highest BCUT2D eigenvalue weighted by Gasteiger charge is 2.12. The largest absolute Gasteiger partial charge is 0.271 e. The van der Waals surface area contributed by atoms with Crippen molar-refractivity contribution in [2.75, 3.05) is 0 Å². The van der Waals surface area contributed by atoms with Gasteiger partial charge < -0.3 is 0 Å². The Kier molecular flexibility index (Phi) is 3.89. The van der Waals surface area contributed by atoms with Gasteiger partial charge in [-0.2, -0.15) is 11.3 Å². The summed E-state index contributed by atoms with van der Waals surface area (Å²) in [6, 6.07) is 10.6. The first-order valence-electron chi connectivity index (χ1n) is 6.17. The molecular weight excluding hydrogens is 274 g/mol. The molecule has 3 N–H and O–H groups in total. The van der Waals surface area contributed by atoms with Crippen LogP contribution >= 0.6 is 22.7 Å². The normalized spacial score (nSPS) is 12.9. The molecule has 3 aromatic rings. The zero-order valence-corrected chi connectivity index (χ0v) is 12.0. The number of nitrogens with two attached hydrogens (primary N) is 1. The van der Waals surface area contributed by atoms with Gasteiger partial charge >= 0.3 is 0 Å². The topological polar surface area (TPSA) is 50.9 Å². The molecule has 19 heavy (non-hydrogen) atoms. The van der Waals surface area contributed by atoms with Gasteiger partial charge in [0.2, 0.25) is 0 Å². The highest BCUT2D eigenvalue weighted by atomic mass is 32.1. The quantitative estimate of drug-likeness (QED) is 0.561. The number of fused-ring (bicyclic) bond motifs is 1. The van der Waals surface area contributed by atoms with Gasteiger partial charge in [0.05, 0.1) is 15.2 Å². The lowest BCUT2D eigenvalue weighted by Crippen LogP contribution is -2.38. The zero-order chi connectivity index (χ0) is 13.1. The number of thiazole rings is 1. The number of nitrogens with one attached hydrogen (secondary N) is 1. The number of benzene rings is 1. The molecule has 3 rings (SSSR count). The van der Waals surface area contributed by atoms with E-state index in [0.29, 0.717) is 0 Å². The summed E-state index contributed by atoms with van der Waals surface area (Å²) in [5, 5.41) is 5.41. The summed E-state index contributed by atoms with van der Waals surface area (Å²) >= 11 is 3.47. The Bertz CT molecular complexity index is 613. The Balaban J connectivity index is 1.74. The van der Waals surface area contributed by atoms with E-state index in [0.717, 1.165) is 23.4 Å². The minimum absolute atomic E-state index is 0.232. The average molecular weight is 289 g/mol. The molecule has 1 aromatic carbocycles. The third-order valence-electron chi connectivity index (χ3n) is 3.06. The standard InChI is InChI=1S/C14H15N3S2/c15-17-11(7-10-5-6-18-9-10)8-14-16-12-3-1-2-4-13(12)19-14/h1-6,9,11,17H,7-8,15H2. The molecule has 0 aliphatic heterocycles. The number of rotatable bonds is 5. The van der Waals surface area contributed by atoms with E-state index in [9.17, 15) is 0 Å². The van der Waals surface area contributed by atoms with E-state index in [1.807, 2.05) is 12.1 Å². The molecule has 0 fully saturated rings. The van der Waals surface area contributed by atoms with E-state index in [1.54, 1.807) is 22.7 Å². The molecule has 0 amide bonds. The molecule has 0 saturated heterocycles. The van der Waals surface area contributed by atoms with Gasteiger partial charge in [-0.1, -0.05) is 12.1 Å². The van der Waals surface area contributed by atoms with Crippen LogP contribution in [0.15, 0.2) is 41.1 Å². The van der Waals surface area contributed by atoms with Gasteiger partial charge in [-0.25, -0.2) is 4.98 Å². The minimum atomic E-state index is 0.232. The van der Waals surface area contributed by atoms with Crippen LogP contribution in [0.5, 0.6) is 0 Å². The van der Waals surface area contributed by atoms with Gasteiger partial charge in [0.15, 0.2) is 0 Å². The summed E-state index contributed by atoms with van der Waals surface area (Å²) in [4.78, 5) is 4.66. The molecule has 0 aliphatic rings. The summed E-state index contributed by atoms with van der Waals surface area (Å²) in [6.07, 6.45) is 1.81. The Labute approximate surface area is 120 Å². The molecule has 1 atom stereocenters. The first-order valence-corrected chi connectivity index (χ1v) is 7.93. The number of aromatic nitrogens is 1. The molecule has 0 spiro atoms. The molecule has 2 heterocycles. The Hall–Kier alpha value is -1.27. The van der Waals surface area contributed by atoms with Crippen LogP contribution in [0.3, 0.4) is 0 Å². The van der Waals surface area contributed by atoms with E-state index in [2.05, 4.69) is 39.4 Å². The van der Waals surface area contributed by atoms with E-state index >= 15 is 0 Å². The molecule has 0 saturated carbocycles. The lowest BCUT2D eigenvalue weighted by molar-refractivity contribution is 0.522. The fraction of sp³-hybridized carbons (Fsp3) is 0.214. The van der Waals surface area contributed by atoms with Crippen LogP contribution in [0.1, 0.15) is 10.6 Å². The number of nitrogens with zero attached hydrogens (tertiary/aromatic N) is 1. The van der Waals surface area contributed by atoms with Gasteiger partial charge in [0.25, 0.3) is 0 Å². The van der Waals surface area contributed by atoms with Crippen molar-refractivity contribution in [2.45, 2.75) is 18.9 Å². The van der Waals surface area contributed by atoms with Crippen molar-refractivity contribution in [2.24, 2.45) is 5.84 Å². The molecular formula is C14H15N3S2. The lowest BCUT2D eigenvalue weighted by atomic mass is 10.1. The van der Waals surface area contributed by atoms with Crippen molar-refractivity contribution in [3.63, 3.8) is 0 Å². The predicted molar refractivity (Wildman–Crippen MR) is 82.5 cm³/mol. The smallest absolute Gasteiger partial charge is 0.0954 e. The maximum atomic E-state index is 5.66. The fourth-order valence-electron chi connectivity index (χ4n) is 2.10. The summed E-state index contributed by atoms with van der Waals surface area (Å²) in [6.45, 7) is 0. The second-order valence-electron chi connectivity index (χ2n) is 4.48. The maximum Gasteiger partial charge on any atom is 0.0954 e. The van der Waals surface area contributed by atoms with Crippen LogP contribution in [-0.4, -0.2) is 11.0 Å². The fourth-order valence-corrected chi connectivity index (χ4v) is 3.83. The van der Waals surface area contributed by atoms with Crippen LogP contribution in [0.25, 0.3) is 10.2 Å². The van der Waals surface area contributed by atoms with Crippen molar-refractivity contribution in [3.05, 3.63) is 51.7 Å². The maximum absolute atomic E-state index is 5.66. The first-order chi connectivity index (χ1) is 9.35. The summed E-state index contributed by atoms with van der Waals surface area (Å²) in [5.74, 6) is 5.66. The monoisotopic (exact) mass is 289 g/mol. The predicted octanol–water partition coefficient (Wildman–Crippen LogP) is 2.97. The van der Waals surface area contributed by atoms with E-state index in [4.69, 9.17) is 5.84 Å². The minimum Gasteiger partial charge on any atom is -0.271 e. The molecule has 0 aliphatic carbocycles. The Morgan fingerprint density at radius 3 is 2.84 bits per heavy atom. The number of hydrogen-bond acceptors (Lipinski definition) is 5. The summed E-state index contributed by atoms with van der Waals surface area (Å²) < 4.78 is 1.24. The average Bonchev–Trinajstić information content (AvgIpc) is 3.06. The third kappa shape index (κ3) is 3.01. The van der Waals surface area contributed by atoms with Gasteiger partial charge in [-0.05, 0) is 40.9 Å². The van der Waals surface area contributed by atoms with E-state index in [-0.39, 0.29) is 6.04 Å². The molecule has 1 unspecified atom stereocenters. The van der Waals surface area contributed by atoms with Crippen molar-refractivity contribution in [3.8, 4) is 0 Å². The van der Waals surface area contributed by atoms with Gasteiger partial charge in [-0.3, -0.25) is 11.3 Å². The molecule has 5 heteroatoms. The zero-order valence-electron chi connectivity index (χ0n) is 10.4. The van der Waals surface area contributed by atoms with Gasteiger partial charge in [0.1, 0.15) is 0 Å². The van der Waals surface area contributed by atoms with Crippen molar-refractivity contribution < 1.29 is 0 Å². The van der Waals surface area contributed by atoms with Gasteiger partial charge in [0, 0.05) is 12.5 Å². The van der Waals surface area contributed by atoms with E-state index in [1.165, 1.54) is 10.3 Å². The molecule has 98 valence electrons. The Morgan fingerprint density at radius 2 is 2.11 bits per heavy atom. The Morgan fingerprint density at radius 1 is 1.21 bits per heavy atom. The van der Waals surface area contributed by atoms with Crippen molar-refractivity contribution in [1.82, 2.24) is 10.4 Å². The van der Waals surface area contributed by atoms with Crippen molar-refractivity contribution >= 4 is 32.9 Å². The first kappa shape index (κ1) is 12.7. The molecule has 0 radical (unpaired) electrons. The second-order valence-corrected chi connectivity index (χ2v) is 6.37. The van der Waals surface area contributed by atoms with Crippen molar-refractivity contribution in [1.29, 1.82) is 0 Å². The molecule has 2 aromatic heterocycles. The number of thiophene rings is 1. The van der Waals surface area contributed by atoms with Crippen LogP contribution in [0, 0.1) is 0 Å². The van der Waals surface area contributed by atoms with Crippen LogP contribution in [0.4, 0.5) is 0 Å². The molecule has 0 bridgehead atoms. The summed E-state index contributed by atoms with van der Waals surface area (Å²) in [7, 11) is 0. The second kappa shape index (κ2) is 5.79. The third-order valence-corrected chi connectivity index (χ3v) is 4.85. The highest BCUT2D eigenvalue weighted by Crippen LogP contribution is 2.23. The number of hydrogen-bond donors (Lipinski definition) is 2. The highest BCUT2D eigenvalue weighted by molar-refractivity contribution is 7.18. The van der Waals surface area contributed by atoms with Gasteiger partial charge in [-0.15, -0.1) is 11.3 Å². The van der Waals surface area contributed by atoms with Crippen LogP contribution in [0.2, 0.25) is 0 Å². The number of hydrazine groups is 1. The number of para-hydroxylation sites is 1. The van der Waals surface area contributed by atoms with E-state index < -0.39 is 0 Å². The van der Waals surface area contributed by atoms with Crippen LogP contribution in [-0.2, 0) is 12.8 Å². The SMILES string of the molecule is NNC(Cc1ccsc1)Cc1nc2ccccc2s1. The lowest BCUT2D eigenvalue weighted by Gasteiger charge is -2.13. The summed E-state index contributed by atoms with van der Waals surface area (Å²) in [5.41, 5.74) is 5.31. The van der Waals surface area contributed by atoms with Crippen LogP contribution < -0.4 is 11.3 Å². The molecule has 3 nitrogen and oxygen atoms in total.